The standard InChI is InChI=1S/C55H52ClN5O7/c1-31-41(42-29-37(67-2)17-19-46(42)61(31)54(64)32-12-15-36(56)16-13-32)30-47(62)57-20-7-21-58-53(63)35-14-18-38(43(28-35)55(65)66)48-44-26-33-8-3-22-59-24-5-10-39(49(33)59)51(44)68-52-40-11-6-25-60-23-4-9-34(50(40)60)27-45(48)52/h12-19,26-29H,3-11,20-25,30H2,1-2H3,(H2-,57,58,62,63,65,66)/p+1. The van der Waals surface area contributed by atoms with Crippen LogP contribution in [0.25, 0.3) is 16.5 Å². The van der Waals surface area contributed by atoms with Crippen molar-refractivity contribution in [2.75, 3.05) is 51.3 Å². The number of carbonyl (C=O) groups excluding carboxylic acids is 3. The number of methoxy groups -OCH3 is 1. The van der Waals surface area contributed by atoms with Gasteiger partial charge >= 0.3 is 5.97 Å². The topological polar surface area (TPSA) is 142 Å². The highest BCUT2D eigenvalue weighted by molar-refractivity contribution is 6.30. The van der Waals surface area contributed by atoms with Crippen molar-refractivity contribution in [3.05, 3.63) is 150 Å². The maximum Gasteiger partial charge on any atom is 0.336 e. The summed E-state index contributed by atoms with van der Waals surface area (Å²) in [5, 5.41) is 20.3. The molecule has 0 saturated carbocycles. The van der Waals surface area contributed by atoms with Crippen LogP contribution < -0.4 is 40.2 Å². The van der Waals surface area contributed by atoms with Gasteiger partial charge in [-0.15, -0.1) is 0 Å². The van der Waals surface area contributed by atoms with Crippen LogP contribution >= 0.6 is 11.6 Å². The molecular weight excluding hydrogens is 878 g/mol. The Labute approximate surface area is 398 Å². The van der Waals surface area contributed by atoms with Crippen LogP contribution in [0.4, 0.5) is 5.69 Å². The van der Waals surface area contributed by atoms with Crippen LogP contribution in [-0.2, 0) is 36.9 Å². The first-order valence-electron chi connectivity index (χ1n) is 23.9. The number of benzene rings is 5. The molecule has 6 heterocycles. The van der Waals surface area contributed by atoms with Crippen LogP contribution in [0, 0.1) is 6.92 Å². The predicted octanol–water partition coefficient (Wildman–Crippen LogP) is 6.91. The average molecular weight is 932 g/mol. The van der Waals surface area contributed by atoms with Crippen LogP contribution in [0.1, 0.15) is 108 Å². The number of anilines is 1. The number of carbonyl (C=O) groups is 4. The lowest BCUT2D eigenvalue weighted by atomic mass is 9.81. The number of nitrogens with one attached hydrogen (secondary N) is 2. The molecule has 5 aromatic carbocycles. The Morgan fingerprint density at radius 3 is 2.32 bits per heavy atom. The molecular formula is C55H53ClN5O7+. The third kappa shape index (κ3) is 7.49. The Balaban J connectivity index is 0.841. The molecule has 346 valence electrons. The van der Waals surface area contributed by atoms with E-state index in [9.17, 15) is 24.3 Å². The number of fused-ring (bicyclic) bond motifs is 5. The van der Waals surface area contributed by atoms with Crippen molar-refractivity contribution in [2.45, 2.75) is 71.1 Å². The van der Waals surface area contributed by atoms with Crippen LogP contribution in [-0.4, -0.2) is 79.7 Å². The second-order valence-electron chi connectivity index (χ2n) is 18.6. The quantitative estimate of drug-likeness (QED) is 0.0940. The Kier molecular flexibility index (Phi) is 11.3. The summed E-state index contributed by atoms with van der Waals surface area (Å²) in [5.74, 6) is 0.312. The summed E-state index contributed by atoms with van der Waals surface area (Å²) in [6.07, 6.45) is 8.39. The van der Waals surface area contributed by atoms with Gasteiger partial charge in [-0.2, -0.15) is 0 Å². The lowest BCUT2D eigenvalue weighted by Crippen LogP contribution is -2.45. The number of aryl methyl sites for hydroxylation is 2. The van der Waals surface area contributed by atoms with E-state index in [-0.39, 0.29) is 42.5 Å². The first kappa shape index (κ1) is 43.6. The minimum Gasteiger partial charge on any atom is -0.497 e. The zero-order valence-corrected chi connectivity index (χ0v) is 39.1. The number of carboxylic acids is 1. The summed E-state index contributed by atoms with van der Waals surface area (Å²) in [6, 6.07) is 21.7. The van der Waals surface area contributed by atoms with Gasteiger partial charge in [0.15, 0.2) is 0 Å². The fraction of sp³-hybridized carbons (Fsp3) is 0.327. The van der Waals surface area contributed by atoms with Gasteiger partial charge in [-0.1, -0.05) is 17.7 Å². The first-order valence-corrected chi connectivity index (χ1v) is 24.3. The van der Waals surface area contributed by atoms with Crippen molar-refractivity contribution < 1.29 is 33.8 Å². The van der Waals surface area contributed by atoms with Crippen LogP contribution in [0.3, 0.4) is 0 Å². The van der Waals surface area contributed by atoms with E-state index < -0.39 is 11.9 Å². The molecule has 0 atom stereocenters. The molecule has 1 aromatic heterocycles. The summed E-state index contributed by atoms with van der Waals surface area (Å²) in [5.41, 5.74) is 11.4. The summed E-state index contributed by atoms with van der Waals surface area (Å²) in [7, 11) is 1.57. The molecule has 12 nitrogen and oxygen atoms in total. The van der Waals surface area contributed by atoms with Crippen LogP contribution in [0.2, 0.25) is 5.02 Å². The molecule has 68 heavy (non-hydrogen) atoms. The highest BCUT2D eigenvalue weighted by Gasteiger charge is 2.37. The highest BCUT2D eigenvalue weighted by Crippen LogP contribution is 2.49. The van der Waals surface area contributed by atoms with Crippen molar-refractivity contribution in [1.29, 1.82) is 0 Å². The second-order valence-corrected chi connectivity index (χ2v) is 19.1. The number of hydrogen-bond acceptors (Lipinski definition) is 7. The van der Waals surface area contributed by atoms with Gasteiger partial charge < -0.3 is 30.1 Å². The zero-order valence-electron chi connectivity index (χ0n) is 38.4. The van der Waals surface area contributed by atoms with Crippen LogP contribution in [0.15, 0.2) is 72.8 Å². The van der Waals surface area contributed by atoms with E-state index in [2.05, 4.69) is 32.2 Å². The Morgan fingerprint density at radius 2 is 1.53 bits per heavy atom. The third-order valence-electron chi connectivity index (χ3n) is 14.6. The smallest absolute Gasteiger partial charge is 0.336 e. The van der Waals surface area contributed by atoms with Gasteiger partial charge in [-0.25, -0.2) is 9.37 Å². The minimum atomic E-state index is -1.11. The van der Waals surface area contributed by atoms with E-state index in [0.29, 0.717) is 45.1 Å². The number of aromatic carboxylic acids is 1. The largest absolute Gasteiger partial charge is 0.497 e. The summed E-state index contributed by atoms with van der Waals surface area (Å²) < 4.78 is 16.8. The molecule has 6 aromatic rings. The monoisotopic (exact) mass is 930 g/mol. The molecule has 3 N–H and O–H groups in total. The fourth-order valence-electron chi connectivity index (χ4n) is 11.5. The maximum absolute atomic E-state index is 13.7. The molecule has 0 spiro atoms. The number of ether oxygens (including phenoxy) is 2. The molecule has 5 aliphatic heterocycles. The van der Waals surface area contributed by atoms with E-state index in [1.54, 1.807) is 54.1 Å². The van der Waals surface area contributed by atoms with E-state index >= 15 is 0 Å². The van der Waals surface area contributed by atoms with E-state index in [0.717, 1.165) is 111 Å². The third-order valence-corrected chi connectivity index (χ3v) is 14.9. The Morgan fingerprint density at radius 1 is 0.794 bits per heavy atom. The van der Waals surface area contributed by atoms with Gasteiger partial charge in [-0.05, 0) is 135 Å². The molecule has 0 fully saturated rings. The average Bonchev–Trinajstić information content (AvgIpc) is 3.62. The number of rotatable bonds is 11. The predicted molar refractivity (Wildman–Crippen MR) is 262 cm³/mol. The van der Waals surface area contributed by atoms with Crippen molar-refractivity contribution >= 4 is 57.5 Å². The summed E-state index contributed by atoms with van der Waals surface area (Å²) in [4.78, 5) is 56.7. The Bertz CT molecular complexity index is 3280. The van der Waals surface area contributed by atoms with Gasteiger partial charge in [0.25, 0.3) is 11.8 Å². The minimum absolute atomic E-state index is 0.0254. The molecule has 0 aliphatic carbocycles. The molecule has 0 radical (unpaired) electrons. The normalized spacial score (nSPS) is 15.4. The van der Waals surface area contributed by atoms with E-state index in [1.807, 2.05) is 19.1 Å². The molecule has 11 rings (SSSR count). The molecule has 0 saturated heterocycles. The second kappa shape index (κ2) is 17.6. The molecule has 0 bridgehead atoms. The number of amides is 2. The number of halogens is 1. The number of aromatic nitrogens is 1. The maximum atomic E-state index is 13.7. The van der Waals surface area contributed by atoms with Crippen LogP contribution in [0.5, 0.6) is 17.2 Å². The zero-order chi connectivity index (χ0) is 46.8. The fourth-order valence-corrected chi connectivity index (χ4v) is 11.6. The van der Waals surface area contributed by atoms with E-state index in [4.69, 9.17) is 21.1 Å². The highest BCUT2D eigenvalue weighted by atomic mass is 35.5. The number of carboxylic acid groups (broad SMARTS) is 1. The Hall–Kier alpha value is -6.92. The lowest BCUT2D eigenvalue weighted by molar-refractivity contribution is -0.120. The molecule has 13 heteroatoms. The molecule has 5 aliphatic rings. The van der Waals surface area contributed by atoms with Crippen molar-refractivity contribution in [3.8, 4) is 17.2 Å². The number of nitrogens with zero attached hydrogens (tertiary/aromatic N) is 3. The lowest BCUT2D eigenvalue weighted by Gasteiger charge is -2.39. The van der Waals surface area contributed by atoms with Gasteiger partial charge in [0.2, 0.25) is 11.3 Å². The first-order chi connectivity index (χ1) is 33.1. The van der Waals surface area contributed by atoms with Gasteiger partial charge in [0.05, 0.1) is 30.2 Å². The summed E-state index contributed by atoms with van der Waals surface area (Å²) >= 11 is 6.09. The van der Waals surface area contributed by atoms with Crippen molar-refractivity contribution in [2.24, 2.45) is 0 Å². The van der Waals surface area contributed by atoms with Gasteiger partial charge in [0, 0.05) is 99.4 Å². The van der Waals surface area contributed by atoms with Crippen molar-refractivity contribution in [3.63, 3.8) is 0 Å². The molecule has 0 unspecified atom stereocenters. The van der Waals surface area contributed by atoms with Gasteiger partial charge in [0.1, 0.15) is 30.3 Å². The number of hydrogen-bond donors (Lipinski definition) is 3. The summed E-state index contributed by atoms with van der Waals surface area (Å²) in [6.45, 7) is 6.48. The molecule has 2 amide bonds. The SMILES string of the molecule is COc1ccc2c(c1)c(CC(=O)NCCCNC(=O)c1ccc(C3=c4cc5c6c(c4Oc4c3cc3c7c4CCCN7CCC3)CCC[N+]=6CCC5)c(C(=O)O)c1)c(C)n2C(=O)c1ccc(Cl)cc1. The van der Waals surface area contributed by atoms with E-state index in [1.165, 1.54) is 39.4 Å². The van der Waals surface area contributed by atoms with Crippen molar-refractivity contribution in [1.82, 2.24) is 19.8 Å². The van der Waals surface area contributed by atoms with Gasteiger partial charge in [-0.3, -0.25) is 19.0 Å².